The number of sulfonamides is 1. The Kier molecular flexibility index (Phi) is 8.42. The number of benzene rings is 1. The van der Waals surface area contributed by atoms with Crippen LogP contribution in [0.25, 0.3) is 0 Å². The fourth-order valence-electron chi connectivity index (χ4n) is 2.54. The Bertz CT molecular complexity index is 606. The Hall–Kier alpha value is -1.40. The number of hydrogen-bond acceptors (Lipinski definition) is 3. The quantitative estimate of drug-likeness (QED) is 0.649. The van der Waals surface area contributed by atoms with Gasteiger partial charge in [0.15, 0.2) is 0 Å². The molecule has 0 heterocycles. The van der Waals surface area contributed by atoms with Gasteiger partial charge in [0.1, 0.15) is 0 Å². The predicted molar refractivity (Wildman–Crippen MR) is 98.2 cm³/mol. The Balaban J connectivity index is 2.73. The number of carbonyl (C=O) groups is 1. The van der Waals surface area contributed by atoms with Gasteiger partial charge in [-0.3, -0.25) is 4.79 Å². The maximum absolute atomic E-state index is 12.4. The van der Waals surface area contributed by atoms with E-state index in [0.717, 1.165) is 37.1 Å². The molecular weight excluding hydrogens is 324 g/mol. The highest BCUT2D eigenvalue weighted by molar-refractivity contribution is 7.88. The van der Waals surface area contributed by atoms with Crippen molar-refractivity contribution in [3.8, 4) is 0 Å². The summed E-state index contributed by atoms with van der Waals surface area (Å²) in [5.74, 6) is 0.0243. The lowest BCUT2D eigenvalue weighted by Gasteiger charge is -2.24. The van der Waals surface area contributed by atoms with Crippen LogP contribution in [-0.2, 0) is 21.4 Å². The summed E-state index contributed by atoms with van der Waals surface area (Å²) in [4.78, 5) is 14.2. The van der Waals surface area contributed by atoms with Crippen molar-refractivity contribution in [2.75, 3.05) is 25.9 Å². The molecule has 5 nitrogen and oxygen atoms in total. The Morgan fingerprint density at radius 3 is 2.00 bits per heavy atom. The Morgan fingerprint density at radius 1 is 1.00 bits per heavy atom. The van der Waals surface area contributed by atoms with Gasteiger partial charge in [0.05, 0.1) is 6.26 Å². The molecule has 0 aliphatic carbocycles. The van der Waals surface area contributed by atoms with Gasteiger partial charge in [-0.15, -0.1) is 0 Å². The molecule has 1 aromatic carbocycles. The maximum Gasteiger partial charge on any atom is 0.223 e. The summed E-state index contributed by atoms with van der Waals surface area (Å²) in [5.41, 5.74) is 2.06. The summed E-state index contributed by atoms with van der Waals surface area (Å²) >= 11 is 0. The predicted octanol–water partition coefficient (Wildman–Crippen LogP) is 2.80. The second kappa shape index (κ2) is 9.79. The molecule has 0 saturated carbocycles. The second-order valence-electron chi connectivity index (χ2n) is 6.21. The molecule has 0 aliphatic heterocycles. The Morgan fingerprint density at radius 2 is 1.54 bits per heavy atom. The van der Waals surface area contributed by atoms with Gasteiger partial charge in [0.25, 0.3) is 0 Å². The normalized spacial score (nSPS) is 11.7. The fraction of sp³-hybridized carbons (Fsp3) is 0.611. The maximum atomic E-state index is 12.4. The molecule has 24 heavy (non-hydrogen) atoms. The van der Waals surface area contributed by atoms with E-state index < -0.39 is 10.0 Å². The fourth-order valence-corrected chi connectivity index (χ4v) is 3.35. The van der Waals surface area contributed by atoms with E-state index in [1.165, 1.54) is 10.6 Å². The molecule has 6 heteroatoms. The molecule has 0 spiro atoms. The van der Waals surface area contributed by atoms with Crippen molar-refractivity contribution in [1.82, 2.24) is 9.21 Å². The van der Waals surface area contributed by atoms with Crippen molar-refractivity contribution in [2.24, 2.45) is 0 Å². The zero-order valence-corrected chi connectivity index (χ0v) is 16.1. The summed E-state index contributed by atoms with van der Waals surface area (Å²) in [6.07, 6.45) is 3.23. The molecule has 0 radical (unpaired) electrons. The highest BCUT2D eigenvalue weighted by atomic mass is 32.2. The van der Waals surface area contributed by atoms with Crippen molar-refractivity contribution in [3.63, 3.8) is 0 Å². The first-order chi connectivity index (χ1) is 11.3. The van der Waals surface area contributed by atoms with Crippen LogP contribution < -0.4 is 0 Å². The molecular formula is C18H30N2O3S. The molecule has 0 aromatic heterocycles. The van der Waals surface area contributed by atoms with Gasteiger partial charge in [0, 0.05) is 32.6 Å². The average Bonchev–Trinajstić information content (AvgIpc) is 2.51. The molecule has 0 atom stereocenters. The molecule has 1 amide bonds. The van der Waals surface area contributed by atoms with E-state index in [0.29, 0.717) is 6.54 Å². The number of aryl methyl sites for hydroxylation is 1. The van der Waals surface area contributed by atoms with Gasteiger partial charge < -0.3 is 4.90 Å². The van der Waals surface area contributed by atoms with E-state index in [-0.39, 0.29) is 18.9 Å². The van der Waals surface area contributed by atoms with Crippen LogP contribution in [0.1, 0.15) is 44.2 Å². The lowest BCUT2D eigenvalue weighted by atomic mass is 10.1. The largest absolute Gasteiger partial charge is 0.343 e. The first-order valence-electron chi connectivity index (χ1n) is 8.56. The summed E-state index contributed by atoms with van der Waals surface area (Å²) in [5, 5.41) is 0. The van der Waals surface area contributed by atoms with E-state index >= 15 is 0 Å². The van der Waals surface area contributed by atoms with Crippen molar-refractivity contribution < 1.29 is 13.2 Å². The smallest absolute Gasteiger partial charge is 0.223 e. The van der Waals surface area contributed by atoms with Crippen molar-refractivity contribution in [2.45, 2.75) is 46.6 Å². The monoisotopic (exact) mass is 354 g/mol. The van der Waals surface area contributed by atoms with E-state index in [1.54, 1.807) is 0 Å². The van der Waals surface area contributed by atoms with Crippen LogP contribution in [-0.4, -0.2) is 49.4 Å². The highest BCUT2D eigenvalue weighted by Crippen LogP contribution is 2.11. The standard InChI is InChI=1S/C18H30N2O3S/c1-5-12-19(13-6-2)18(21)11-14-20(24(4,22)23)15-17-9-7-16(3)8-10-17/h7-10H,5-6,11-15H2,1-4H3. The minimum atomic E-state index is -3.36. The van der Waals surface area contributed by atoms with Crippen molar-refractivity contribution in [1.29, 1.82) is 0 Å². The molecule has 0 aliphatic rings. The van der Waals surface area contributed by atoms with E-state index in [1.807, 2.05) is 49.9 Å². The topological polar surface area (TPSA) is 57.7 Å². The molecule has 136 valence electrons. The molecule has 0 bridgehead atoms. The minimum Gasteiger partial charge on any atom is -0.343 e. The zero-order chi connectivity index (χ0) is 18.2. The lowest BCUT2D eigenvalue weighted by Crippen LogP contribution is -2.37. The minimum absolute atomic E-state index is 0.0243. The van der Waals surface area contributed by atoms with Crippen molar-refractivity contribution >= 4 is 15.9 Å². The summed E-state index contributed by atoms with van der Waals surface area (Å²) in [6.45, 7) is 8.04. The summed E-state index contributed by atoms with van der Waals surface area (Å²) in [6, 6.07) is 7.78. The van der Waals surface area contributed by atoms with Crippen LogP contribution in [0.15, 0.2) is 24.3 Å². The Labute approximate surface area is 146 Å². The van der Waals surface area contributed by atoms with Crippen LogP contribution in [0, 0.1) is 6.92 Å². The second-order valence-corrected chi connectivity index (χ2v) is 8.20. The van der Waals surface area contributed by atoms with E-state index in [4.69, 9.17) is 0 Å². The van der Waals surface area contributed by atoms with Crippen LogP contribution in [0.3, 0.4) is 0 Å². The third-order valence-corrected chi connectivity index (χ3v) is 5.11. The van der Waals surface area contributed by atoms with E-state index in [9.17, 15) is 13.2 Å². The SMILES string of the molecule is CCCN(CCC)C(=O)CCN(Cc1ccc(C)cc1)S(C)(=O)=O. The van der Waals surface area contributed by atoms with Crippen LogP contribution in [0.5, 0.6) is 0 Å². The van der Waals surface area contributed by atoms with Gasteiger partial charge in [0.2, 0.25) is 15.9 Å². The number of hydrogen-bond donors (Lipinski definition) is 0. The number of rotatable bonds is 10. The highest BCUT2D eigenvalue weighted by Gasteiger charge is 2.20. The van der Waals surface area contributed by atoms with Gasteiger partial charge >= 0.3 is 0 Å². The number of amides is 1. The van der Waals surface area contributed by atoms with Gasteiger partial charge in [-0.05, 0) is 25.3 Å². The van der Waals surface area contributed by atoms with Crippen LogP contribution in [0.4, 0.5) is 0 Å². The third-order valence-electron chi connectivity index (χ3n) is 3.86. The zero-order valence-electron chi connectivity index (χ0n) is 15.3. The summed E-state index contributed by atoms with van der Waals surface area (Å²) in [7, 11) is -3.36. The molecule has 1 aromatic rings. The van der Waals surface area contributed by atoms with Crippen LogP contribution >= 0.6 is 0 Å². The van der Waals surface area contributed by atoms with E-state index in [2.05, 4.69) is 0 Å². The molecule has 0 saturated heterocycles. The molecule has 1 rings (SSSR count). The lowest BCUT2D eigenvalue weighted by molar-refractivity contribution is -0.131. The van der Waals surface area contributed by atoms with Crippen LogP contribution in [0.2, 0.25) is 0 Å². The first kappa shape index (κ1) is 20.6. The number of carbonyl (C=O) groups excluding carboxylic acids is 1. The third kappa shape index (κ3) is 7.01. The van der Waals surface area contributed by atoms with Crippen molar-refractivity contribution in [3.05, 3.63) is 35.4 Å². The van der Waals surface area contributed by atoms with Gasteiger partial charge in [-0.1, -0.05) is 43.7 Å². The summed E-state index contributed by atoms with van der Waals surface area (Å²) < 4.78 is 25.5. The molecule has 0 fully saturated rings. The van der Waals surface area contributed by atoms with Gasteiger partial charge in [-0.2, -0.15) is 4.31 Å². The van der Waals surface area contributed by atoms with Gasteiger partial charge in [-0.25, -0.2) is 8.42 Å². The number of nitrogens with zero attached hydrogens (tertiary/aromatic N) is 2. The molecule has 0 N–H and O–H groups in total. The molecule has 0 unspecified atom stereocenters. The first-order valence-corrected chi connectivity index (χ1v) is 10.4. The average molecular weight is 355 g/mol.